The molecule has 1 aromatic heterocycles. The third-order valence-electron chi connectivity index (χ3n) is 4.59. The molecule has 0 spiro atoms. The third kappa shape index (κ3) is 4.98. The van der Waals surface area contributed by atoms with Crippen LogP contribution in [-0.2, 0) is 4.79 Å². The van der Waals surface area contributed by atoms with Gasteiger partial charge in [-0.1, -0.05) is 43.4 Å². The van der Waals surface area contributed by atoms with E-state index in [0.717, 1.165) is 23.8 Å². The zero-order valence-corrected chi connectivity index (χ0v) is 17.2. The highest BCUT2D eigenvalue weighted by Crippen LogP contribution is 2.22. The first-order chi connectivity index (χ1) is 13.4. The van der Waals surface area contributed by atoms with Crippen LogP contribution in [0.5, 0.6) is 0 Å². The van der Waals surface area contributed by atoms with E-state index in [1.54, 1.807) is 11.8 Å². The Bertz CT molecular complexity index is 802. The van der Waals surface area contributed by atoms with Crippen molar-refractivity contribution < 1.29 is 9.59 Å². The molecule has 3 rings (SSSR count). The Labute approximate surface area is 168 Å². The molecular formula is C19H26N6O2S. The molecule has 2 N–H and O–H groups in total. The quantitative estimate of drug-likeness (QED) is 0.802. The van der Waals surface area contributed by atoms with Crippen molar-refractivity contribution in [3.63, 3.8) is 0 Å². The van der Waals surface area contributed by atoms with Crippen LogP contribution in [-0.4, -0.2) is 59.3 Å². The lowest BCUT2D eigenvalue weighted by atomic mass is 10.2. The first-order valence-electron chi connectivity index (χ1n) is 9.43. The number of nitrogens with zero attached hydrogens (tertiary/aromatic N) is 4. The lowest BCUT2D eigenvalue weighted by Gasteiger charge is -2.36. The standard InChI is InChI=1S/C19H26N6O2S/c1-13(2)17-22-23-18(28-17)21-16(26)14(3)20-19(27)25-11-9-24(10-12-25)15-7-5-4-6-8-15/h4-8,13-14H,9-12H2,1-3H3,(H,20,27)(H,21,23,26)/t14-/m0/s1. The predicted molar refractivity (Wildman–Crippen MR) is 111 cm³/mol. The van der Waals surface area contributed by atoms with E-state index in [4.69, 9.17) is 0 Å². The summed E-state index contributed by atoms with van der Waals surface area (Å²) in [5.41, 5.74) is 1.16. The Morgan fingerprint density at radius 3 is 2.32 bits per heavy atom. The van der Waals surface area contributed by atoms with Crippen LogP contribution in [0, 0.1) is 0 Å². The maximum atomic E-state index is 12.5. The summed E-state index contributed by atoms with van der Waals surface area (Å²) in [4.78, 5) is 28.8. The first-order valence-corrected chi connectivity index (χ1v) is 10.3. The molecule has 1 atom stereocenters. The second-order valence-electron chi connectivity index (χ2n) is 7.07. The number of nitrogens with one attached hydrogen (secondary N) is 2. The van der Waals surface area contributed by atoms with Crippen molar-refractivity contribution in [2.75, 3.05) is 36.4 Å². The van der Waals surface area contributed by atoms with Crippen molar-refractivity contribution in [1.82, 2.24) is 20.4 Å². The molecule has 2 aromatic rings. The van der Waals surface area contributed by atoms with Crippen LogP contribution in [0.15, 0.2) is 30.3 Å². The van der Waals surface area contributed by atoms with E-state index in [1.807, 2.05) is 32.0 Å². The molecule has 0 aliphatic carbocycles. The fraction of sp³-hybridized carbons (Fsp3) is 0.474. The Morgan fingerprint density at radius 1 is 1.04 bits per heavy atom. The van der Waals surface area contributed by atoms with Crippen LogP contribution in [0.25, 0.3) is 0 Å². The molecule has 9 heteroatoms. The lowest BCUT2D eigenvalue weighted by Crippen LogP contribution is -2.54. The summed E-state index contributed by atoms with van der Waals surface area (Å²) < 4.78 is 0. The summed E-state index contributed by atoms with van der Waals surface area (Å²) in [7, 11) is 0. The molecule has 1 aliphatic rings. The average Bonchev–Trinajstić information content (AvgIpc) is 3.17. The summed E-state index contributed by atoms with van der Waals surface area (Å²) in [5, 5.41) is 14.8. The molecule has 3 amide bonds. The summed E-state index contributed by atoms with van der Waals surface area (Å²) in [6.07, 6.45) is 0. The molecule has 28 heavy (non-hydrogen) atoms. The molecule has 1 aromatic carbocycles. The Kier molecular flexibility index (Phi) is 6.45. The SMILES string of the molecule is CC(C)c1nnc(NC(=O)[C@H](C)NC(=O)N2CCN(c3ccccc3)CC2)s1. The lowest BCUT2D eigenvalue weighted by molar-refractivity contribution is -0.117. The molecule has 0 saturated carbocycles. The number of hydrogen-bond acceptors (Lipinski definition) is 6. The van der Waals surface area contributed by atoms with E-state index >= 15 is 0 Å². The van der Waals surface area contributed by atoms with E-state index in [2.05, 4.69) is 37.9 Å². The zero-order chi connectivity index (χ0) is 20.1. The minimum Gasteiger partial charge on any atom is -0.368 e. The van der Waals surface area contributed by atoms with Crippen LogP contribution >= 0.6 is 11.3 Å². The van der Waals surface area contributed by atoms with Gasteiger partial charge in [0.1, 0.15) is 11.0 Å². The number of aromatic nitrogens is 2. The van der Waals surface area contributed by atoms with Crippen molar-refractivity contribution in [2.45, 2.75) is 32.7 Å². The van der Waals surface area contributed by atoms with Crippen molar-refractivity contribution in [3.8, 4) is 0 Å². The monoisotopic (exact) mass is 402 g/mol. The molecule has 1 saturated heterocycles. The molecule has 2 heterocycles. The second-order valence-corrected chi connectivity index (χ2v) is 8.08. The fourth-order valence-electron chi connectivity index (χ4n) is 2.88. The maximum absolute atomic E-state index is 12.5. The first kappa shape index (κ1) is 20.1. The Morgan fingerprint density at radius 2 is 1.71 bits per heavy atom. The fourth-order valence-corrected chi connectivity index (χ4v) is 3.63. The van der Waals surface area contributed by atoms with E-state index in [1.165, 1.54) is 11.3 Å². The maximum Gasteiger partial charge on any atom is 0.318 e. The summed E-state index contributed by atoms with van der Waals surface area (Å²) in [5.74, 6) is -0.0439. The molecule has 150 valence electrons. The molecule has 0 unspecified atom stereocenters. The van der Waals surface area contributed by atoms with Gasteiger partial charge >= 0.3 is 6.03 Å². The van der Waals surface area contributed by atoms with E-state index < -0.39 is 6.04 Å². The number of piperazine rings is 1. The van der Waals surface area contributed by atoms with Gasteiger partial charge in [-0.25, -0.2) is 4.79 Å². The largest absolute Gasteiger partial charge is 0.368 e. The van der Waals surface area contributed by atoms with Gasteiger partial charge in [0, 0.05) is 37.8 Å². The normalized spacial score (nSPS) is 15.4. The van der Waals surface area contributed by atoms with Gasteiger partial charge in [-0.15, -0.1) is 10.2 Å². The van der Waals surface area contributed by atoms with Gasteiger partial charge in [0.15, 0.2) is 0 Å². The number of hydrogen-bond donors (Lipinski definition) is 2. The number of urea groups is 1. The van der Waals surface area contributed by atoms with Gasteiger partial charge in [0.2, 0.25) is 11.0 Å². The molecule has 0 radical (unpaired) electrons. The molecular weight excluding hydrogens is 376 g/mol. The van der Waals surface area contributed by atoms with Crippen molar-refractivity contribution >= 4 is 34.1 Å². The van der Waals surface area contributed by atoms with Gasteiger partial charge in [-0.3, -0.25) is 10.1 Å². The molecule has 1 aliphatic heterocycles. The highest BCUT2D eigenvalue weighted by atomic mass is 32.1. The summed E-state index contributed by atoms with van der Waals surface area (Å²) in [6, 6.07) is 9.26. The number of carbonyl (C=O) groups is 2. The number of carbonyl (C=O) groups excluding carboxylic acids is 2. The topological polar surface area (TPSA) is 90.5 Å². The molecule has 1 fully saturated rings. The van der Waals surface area contributed by atoms with Crippen molar-refractivity contribution in [3.05, 3.63) is 35.3 Å². The highest BCUT2D eigenvalue weighted by molar-refractivity contribution is 7.15. The highest BCUT2D eigenvalue weighted by Gasteiger charge is 2.24. The molecule has 8 nitrogen and oxygen atoms in total. The van der Waals surface area contributed by atoms with Gasteiger partial charge < -0.3 is 15.1 Å². The predicted octanol–water partition coefficient (Wildman–Crippen LogP) is 2.52. The third-order valence-corrected chi connectivity index (χ3v) is 5.73. The van der Waals surface area contributed by atoms with Crippen LogP contribution < -0.4 is 15.5 Å². The number of para-hydroxylation sites is 1. The van der Waals surface area contributed by atoms with Crippen molar-refractivity contribution in [1.29, 1.82) is 0 Å². The van der Waals surface area contributed by atoms with Gasteiger partial charge in [0.25, 0.3) is 0 Å². The van der Waals surface area contributed by atoms with E-state index in [-0.39, 0.29) is 17.9 Å². The van der Waals surface area contributed by atoms with Crippen molar-refractivity contribution in [2.24, 2.45) is 0 Å². The van der Waals surface area contributed by atoms with Crippen LogP contribution in [0.4, 0.5) is 15.6 Å². The van der Waals surface area contributed by atoms with Crippen LogP contribution in [0.1, 0.15) is 31.7 Å². The van der Waals surface area contributed by atoms with Gasteiger partial charge in [0.05, 0.1) is 0 Å². The second kappa shape index (κ2) is 9.01. The smallest absolute Gasteiger partial charge is 0.318 e. The van der Waals surface area contributed by atoms with Gasteiger partial charge in [-0.2, -0.15) is 0 Å². The summed E-state index contributed by atoms with van der Waals surface area (Å²) >= 11 is 1.35. The number of anilines is 2. The minimum absolute atomic E-state index is 0.226. The average molecular weight is 403 g/mol. The van der Waals surface area contributed by atoms with Crippen LogP contribution in [0.3, 0.4) is 0 Å². The van der Waals surface area contributed by atoms with Crippen LogP contribution in [0.2, 0.25) is 0 Å². The molecule has 0 bridgehead atoms. The van der Waals surface area contributed by atoms with E-state index in [0.29, 0.717) is 18.2 Å². The van der Waals surface area contributed by atoms with Gasteiger partial charge in [-0.05, 0) is 19.1 Å². The summed E-state index contributed by atoms with van der Waals surface area (Å²) in [6.45, 7) is 8.46. The number of rotatable bonds is 5. The number of amides is 3. The van der Waals surface area contributed by atoms with E-state index in [9.17, 15) is 9.59 Å². The Balaban J connectivity index is 1.46. The zero-order valence-electron chi connectivity index (χ0n) is 16.4. The Hall–Kier alpha value is -2.68. The minimum atomic E-state index is -0.661. The number of benzene rings is 1.